The molecule has 3 rings (SSSR count). The maximum Gasteiger partial charge on any atom is 0.237 e. The third-order valence-corrected chi connectivity index (χ3v) is 4.38. The van der Waals surface area contributed by atoms with Crippen LogP contribution in [0.2, 0.25) is 0 Å². The molecule has 1 amide bonds. The molecular formula is C15H20N2O2. The number of ether oxygens (including phenoxy) is 1. The Morgan fingerprint density at radius 1 is 1.47 bits per heavy atom. The molecule has 2 saturated carbocycles. The second kappa shape index (κ2) is 5.19. The number of nitrogens with one attached hydrogen (secondary N) is 1. The number of fused-ring (bicyclic) bond motifs is 2. The van der Waals surface area contributed by atoms with Gasteiger partial charge < -0.3 is 10.1 Å². The Morgan fingerprint density at radius 3 is 3.05 bits per heavy atom. The summed E-state index contributed by atoms with van der Waals surface area (Å²) in [7, 11) is 0. The van der Waals surface area contributed by atoms with Gasteiger partial charge in [0.1, 0.15) is 5.69 Å². The number of pyridine rings is 1. The largest absolute Gasteiger partial charge is 0.476 e. The minimum absolute atomic E-state index is 0.140. The Morgan fingerprint density at radius 2 is 2.37 bits per heavy atom. The molecule has 1 heterocycles. The molecule has 0 unspecified atom stereocenters. The van der Waals surface area contributed by atoms with Gasteiger partial charge in [-0.15, -0.1) is 0 Å². The van der Waals surface area contributed by atoms with Crippen molar-refractivity contribution >= 4 is 11.6 Å². The second-order valence-corrected chi connectivity index (χ2v) is 5.56. The molecular weight excluding hydrogens is 240 g/mol. The molecule has 19 heavy (non-hydrogen) atoms. The smallest absolute Gasteiger partial charge is 0.237 e. The third-order valence-electron chi connectivity index (χ3n) is 4.38. The normalized spacial score (nSPS) is 28.4. The molecule has 0 radical (unpaired) electrons. The SMILES string of the molecule is CCOc1ncccc1NC(=O)[C@H]1C[C@H]2CC[C@H]1C2. The highest BCUT2D eigenvalue weighted by Gasteiger charge is 2.43. The molecule has 3 atom stereocenters. The second-order valence-electron chi connectivity index (χ2n) is 5.56. The van der Waals surface area contributed by atoms with Crippen LogP contribution in [0.5, 0.6) is 5.88 Å². The Hall–Kier alpha value is -1.58. The van der Waals surface area contributed by atoms with E-state index in [1.54, 1.807) is 6.20 Å². The number of carbonyl (C=O) groups excluding carboxylic acids is 1. The van der Waals surface area contributed by atoms with Crippen LogP contribution in [-0.4, -0.2) is 17.5 Å². The van der Waals surface area contributed by atoms with Crippen LogP contribution < -0.4 is 10.1 Å². The zero-order valence-corrected chi connectivity index (χ0v) is 11.3. The molecule has 0 spiro atoms. The lowest BCUT2D eigenvalue weighted by Crippen LogP contribution is -2.27. The summed E-state index contributed by atoms with van der Waals surface area (Å²) >= 11 is 0. The van der Waals surface area contributed by atoms with Gasteiger partial charge >= 0.3 is 0 Å². The molecule has 4 heteroatoms. The van der Waals surface area contributed by atoms with Crippen LogP contribution >= 0.6 is 0 Å². The standard InChI is InChI=1S/C15H20N2O2/c1-2-19-15-13(4-3-7-16-15)17-14(18)12-9-10-5-6-11(12)8-10/h3-4,7,10-12H,2,5-6,8-9H2,1H3,(H,17,18)/t10-,11-,12-/m0/s1. The molecule has 0 aromatic carbocycles. The summed E-state index contributed by atoms with van der Waals surface area (Å²) in [6, 6.07) is 3.67. The molecule has 102 valence electrons. The van der Waals surface area contributed by atoms with E-state index >= 15 is 0 Å². The van der Waals surface area contributed by atoms with E-state index in [1.807, 2.05) is 19.1 Å². The third kappa shape index (κ3) is 2.44. The van der Waals surface area contributed by atoms with Crippen LogP contribution in [0, 0.1) is 17.8 Å². The van der Waals surface area contributed by atoms with Gasteiger partial charge in [0, 0.05) is 12.1 Å². The molecule has 2 aliphatic rings. The maximum absolute atomic E-state index is 12.4. The van der Waals surface area contributed by atoms with Gasteiger partial charge in [-0.3, -0.25) is 4.79 Å². The number of hydrogen-bond acceptors (Lipinski definition) is 3. The Labute approximate surface area is 113 Å². The Kier molecular flexibility index (Phi) is 3.40. The topological polar surface area (TPSA) is 51.2 Å². The average Bonchev–Trinajstić information content (AvgIpc) is 3.03. The van der Waals surface area contributed by atoms with Gasteiger partial charge in [0.05, 0.1) is 6.61 Å². The van der Waals surface area contributed by atoms with E-state index in [2.05, 4.69) is 10.3 Å². The van der Waals surface area contributed by atoms with E-state index in [9.17, 15) is 4.79 Å². The lowest BCUT2D eigenvalue weighted by atomic mass is 9.88. The molecule has 1 aromatic heterocycles. The predicted molar refractivity (Wildman–Crippen MR) is 73.0 cm³/mol. The molecule has 2 aliphatic carbocycles. The summed E-state index contributed by atoms with van der Waals surface area (Å²) in [5, 5.41) is 3.00. The van der Waals surface area contributed by atoms with Crippen LogP contribution in [-0.2, 0) is 4.79 Å². The first-order valence-corrected chi connectivity index (χ1v) is 7.16. The number of aromatic nitrogens is 1. The first-order valence-electron chi connectivity index (χ1n) is 7.16. The van der Waals surface area contributed by atoms with E-state index in [0.29, 0.717) is 24.1 Å². The summed E-state index contributed by atoms with van der Waals surface area (Å²) in [4.78, 5) is 16.5. The van der Waals surface area contributed by atoms with Crippen molar-refractivity contribution in [1.82, 2.24) is 4.98 Å². The zero-order chi connectivity index (χ0) is 13.2. The molecule has 0 aliphatic heterocycles. The fraction of sp³-hybridized carbons (Fsp3) is 0.600. The predicted octanol–water partition coefficient (Wildman–Crippen LogP) is 2.86. The summed E-state index contributed by atoms with van der Waals surface area (Å²) in [5.41, 5.74) is 0.692. The van der Waals surface area contributed by atoms with E-state index in [1.165, 1.54) is 19.3 Å². The van der Waals surface area contributed by atoms with Crippen molar-refractivity contribution in [3.8, 4) is 5.88 Å². The minimum Gasteiger partial charge on any atom is -0.476 e. The van der Waals surface area contributed by atoms with Crippen molar-refractivity contribution in [2.45, 2.75) is 32.6 Å². The van der Waals surface area contributed by atoms with Crippen LogP contribution in [0.25, 0.3) is 0 Å². The van der Waals surface area contributed by atoms with Crippen molar-refractivity contribution in [3.05, 3.63) is 18.3 Å². The van der Waals surface area contributed by atoms with Crippen LogP contribution in [0.4, 0.5) is 5.69 Å². The van der Waals surface area contributed by atoms with Gasteiger partial charge in [0.25, 0.3) is 0 Å². The van der Waals surface area contributed by atoms with Gasteiger partial charge in [-0.2, -0.15) is 0 Å². The highest BCUT2D eigenvalue weighted by atomic mass is 16.5. The maximum atomic E-state index is 12.4. The van der Waals surface area contributed by atoms with Crippen molar-refractivity contribution < 1.29 is 9.53 Å². The fourth-order valence-electron chi connectivity index (χ4n) is 3.53. The number of carbonyl (C=O) groups is 1. The van der Waals surface area contributed by atoms with Gasteiger partial charge in [0.15, 0.2) is 0 Å². The Balaban J connectivity index is 1.69. The number of nitrogens with zero attached hydrogens (tertiary/aromatic N) is 1. The summed E-state index contributed by atoms with van der Waals surface area (Å²) in [5.74, 6) is 2.22. The van der Waals surface area contributed by atoms with Crippen molar-refractivity contribution in [2.24, 2.45) is 17.8 Å². The number of rotatable bonds is 4. The first kappa shape index (κ1) is 12.5. The quantitative estimate of drug-likeness (QED) is 0.905. The van der Waals surface area contributed by atoms with E-state index < -0.39 is 0 Å². The number of amides is 1. The summed E-state index contributed by atoms with van der Waals surface area (Å²) < 4.78 is 5.44. The lowest BCUT2D eigenvalue weighted by Gasteiger charge is -2.21. The van der Waals surface area contributed by atoms with Crippen molar-refractivity contribution in [2.75, 3.05) is 11.9 Å². The van der Waals surface area contributed by atoms with Crippen LogP contribution in [0.15, 0.2) is 18.3 Å². The average molecular weight is 260 g/mol. The number of hydrogen-bond donors (Lipinski definition) is 1. The zero-order valence-electron chi connectivity index (χ0n) is 11.3. The Bertz CT molecular complexity index is 475. The molecule has 0 saturated heterocycles. The van der Waals surface area contributed by atoms with Gasteiger partial charge in [-0.25, -0.2) is 4.98 Å². The van der Waals surface area contributed by atoms with Crippen molar-refractivity contribution in [1.29, 1.82) is 0 Å². The van der Waals surface area contributed by atoms with Crippen LogP contribution in [0.3, 0.4) is 0 Å². The highest BCUT2D eigenvalue weighted by molar-refractivity contribution is 5.94. The molecule has 1 N–H and O–H groups in total. The lowest BCUT2D eigenvalue weighted by molar-refractivity contribution is -0.121. The summed E-state index contributed by atoms with van der Waals surface area (Å²) in [6.45, 7) is 2.46. The molecule has 2 bridgehead atoms. The number of anilines is 1. The fourth-order valence-corrected chi connectivity index (χ4v) is 3.53. The molecule has 2 fully saturated rings. The first-order chi connectivity index (χ1) is 9.28. The van der Waals surface area contributed by atoms with Crippen molar-refractivity contribution in [3.63, 3.8) is 0 Å². The van der Waals surface area contributed by atoms with Crippen LogP contribution in [0.1, 0.15) is 32.6 Å². The monoisotopic (exact) mass is 260 g/mol. The van der Waals surface area contributed by atoms with Gasteiger partial charge in [-0.05, 0) is 50.2 Å². The van der Waals surface area contributed by atoms with Gasteiger partial charge in [0.2, 0.25) is 11.8 Å². The van der Waals surface area contributed by atoms with E-state index in [-0.39, 0.29) is 11.8 Å². The van der Waals surface area contributed by atoms with E-state index in [0.717, 1.165) is 12.3 Å². The van der Waals surface area contributed by atoms with E-state index in [4.69, 9.17) is 4.74 Å². The molecule has 1 aromatic rings. The van der Waals surface area contributed by atoms with Gasteiger partial charge in [-0.1, -0.05) is 6.42 Å². The highest BCUT2D eigenvalue weighted by Crippen LogP contribution is 2.48. The minimum atomic E-state index is 0.140. The molecule has 4 nitrogen and oxygen atoms in total. The summed E-state index contributed by atoms with van der Waals surface area (Å²) in [6.07, 6.45) is 6.50.